The van der Waals surface area contributed by atoms with Crippen molar-refractivity contribution in [1.29, 1.82) is 0 Å². The second-order valence-corrected chi connectivity index (χ2v) is 20.2. The van der Waals surface area contributed by atoms with Crippen molar-refractivity contribution < 1.29 is 28.6 Å². The highest BCUT2D eigenvalue weighted by Gasteiger charge is 2.19. The van der Waals surface area contributed by atoms with Crippen molar-refractivity contribution in [3.05, 3.63) is 72.9 Å². The van der Waals surface area contributed by atoms with Crippen LogP contribution in [0.15, 0.2) is 72.9 Å². The monoisotopic (exact) mass is 991 g/mol. The van der Waals surface area contributed by atoms with Crippen LogP contribution in [0.4, 0.5) is 0 Å². The Morgan fingerprint density at radius 1 is 0.296 bits per heavy atom. The topological polar surface area (TPSA) is 78.9 Å². The lowest BCUT2D eigenvalue weighted by Gasteiger charge is -2.18. The first-order valence-corrected chi connectivity index (χ1v) is 30.4. The Hall–Kier alpha value is -3.15. The minimum Gasteiger partial charge on any atom is -0.462 e. The third-order valence-electron chi connectivity index (χ3n) is 13.2. The first-order chi connectivity index (χ1) is 35.0. The highest BCUT2D eigenvalue weighted by atomic mass is 16.6. The lowest BCUT2D eigenvalue weighted by Crippen LogP contribution is -2.30. The molecule has 6 heteroatoms. The van der Waals surface area contributed by atoms with Crippen LogP contribution < -0.4 is 0 Å². The molecule has 1 atom stereocenters. The largest absolute Gasteiger partial charge is 0.462 e. The molecule has 0 saturated heterocycles. The summed E-state index contributed by atoms with van der Waals surface area (Å²) in [5.41, 5.74) is 0. The Kier molecular flexibility index (Phi) is 56.8. The van der Waals surface area contributed by atoms with Gasteiger partial charge >= 0.3 is 17.9 Å². The maximum Gasteiger partial charge on any atom is 0.306 e. The molecule has 410 valence electrons. The van der Waals surface area contributed by atoms with Gasteiger partial charge in [0.25, 0.3) is 0 Å². The van der Waals surface area contributed by atoms with Crippen molar-refractivity contribution in [2.75, 3.05) is 13.2 Å². The quantitative estimate of drug-likeness (QED) is 0.0261. The summed E-state index contributed by atoms with van der Waals surface area (Å²) in [7, 11) is 0. The van der Waals surface area contributed by atoms with Crippen molar-refractivity contribution in [2.45, 2.75) is 309 Å². The summed E-state index contributed by atoms with van der Waals surface area (Å²) >= 11 is 0. The Labute approximate surface area is 440 Å². The molecule has 0 aliphatic carbocycles. The predicted molar refractivity (Wildman–Crippen MR) is 307 cm³/mol. The van der Waals surface area contributed by atoms with Gasteiger partial charge < -0.3 is 14.2 Å². The van der Waals surface area contributed by atoms with Gasteiger partial charge in [0.15, 0.2) is 6.10 Å². The Bertz CT molecular complexity index is 1320. The fourth-order valence-electron chi connectivity index (χ4n) is 8.67. The average Bonchev–Trinajstić information content (AvgIpc) is 3.37. The van der Waals surface area contributed by atoms with Crippen LogP contribution in [-0.4, -0.2) is 37.2 Å². The van der Waals surface area contributed by atoms with Gasteiger partial charge in [0.1, 0.15) is 13.2 Å². The summed E-state index contributed by atoms with van der Waals surface area (Å²) in [6, 6.07) is 0. The van der Waals surface area contributed by atoms with Crippen LogP contribution in [0.2, 0.25) is 0 Å². The highest BCUT2D eigenvalue weighted by molar-refractivity contribution is 5.71. The number of unbranched alkanes of at least 4 members (excludes halogenated alkanes) is 32. The molecule has 6 nitrogen and oxygen atoms in total. The van der Waals surface area contributed by atoms with Crippen LogP contribution in [0.1, 0.15) is 303 Å². The van der Waals surface area contributed by atoms with Gasteiger partial charge in [-0.3, -0.25) is 14.4 Å². The first-order valence-electron chi connectivity index (χ1n) is 30.4. The Balaban J connectivity index is 4.17. The standard InChI is InChI=1S/C65H114O6/c1-4-7-10-13-16-19-22-24-25-26-27-28-29-30-31-32-33-34-35-36-37-38-39-41-43-46-49-52-55-58-64(67)70-61-62(60-69-63(66)57-54-51-48-45-42-21-18-15-12-9-6-3)71-65(68)59-56-53-50-47-44-40-23-20-17-14-11-8-5-2/h8,11,17,20,22,24,26-27,40,44,50,53,62H,4-7,9-10,12-16,18-19,21,23,25,28-39,41-43,45-49,51-52,54-61H2,1-3H3/b11-8-,20-17-,24-22-,27-26-,44-40-,53-50-. The smallest absolute Gasteiger partial charge is 0.306 e. The zero-order valence-electron chi connectivity index (χ0n) is 47.0. The van der Waals surface area contributed by atoms with Crippen molar-refractivity contribution in [2.24, 2.45) is 0 Å². The van der Waals surface area contributed by atoms with Crippen LogP contribution in [0, 0.1) is 0 Å². The maximum atomic E-state index is 12.8. The van der Waals surface area contributed by atoms with E-state index in [9.17, 15) is 14.4 Å². The molecule has 0 radical (unpaired) electrons. The molecule has 0 aromatic heterocycles. The third kappa shape index (κ3) is 57.6. The van der Waals surface area contributed by atoms with E-state index >= 15 is 0 Å². The van der Waals surface area contributed by atoms with Gasteiger partial charge in [-0.15, -0.1) is 0 Å². The third-order valence-corrected chi connectivity index (χ3v) is 13.2. The van der Waals surface area contributed by atoms with Crippen LogP contribution in [0.25, 0.3) is 0 Å². The normalized spacial score (nSPS) is 12.5. The van der Waals surface area contributed by atoms with Gasteiger partial charge in [0.05, 0.1) is 0 Å². The lowest BCUT2D eigenvalue weighted by atomic mass is 10.0. The summed E-state index contributed by atoms with van der Waals surface area (Å²) in [5, 5.41) is 0. The van der Waals surface area contributed by atoms with E-state index < -0.39 is 6.10 Å². The minimum atomic E-state index is -0.810. The number of esters is 3. The molecule has 71 heavy (non-hydrogen) atoms. The van der Waals surface area contributed by atoms with Crippen molar-refractivity contribution in [3.63, 3.8) is 0 Å². The van der Waals surface area contributed by atoms with Crippen molar-refractivity contribution in [3.8, 4) is 0 Å². The molecular weight excluding hydrogens is 877 g/mol. The van der Waals surface area contributed by atoms with Crippen LogP contribution in [0.5, 0.6) is 0 Å². The molecule has 0 saturated carbocycles. The summed E-state index contributed by atoms with van der Waals surface area (Å²) in [5.74, 6) is -0.974. The molecule has 0 aromatic rings. The van der Waals surface area contributed by atoms with Gasteiger partial charge in [-0.05, 0) is 77.0 Å². The molecule has 0 N–H and O–H groups in total. The molecule has 1 unspecified atom stereocenters. The molecule has 0 amide bonds. The van der Waals surface area contributed by atoms with E-state index in [1.807, 2.05) is 6.08 Å². The fraction of sp³-hybridized carbons (Fsp3) is 0.769. The van der Waals surface area contributed by atoms with Gasteiger partial charge in [-0.1, -0.05) is 280 Å². The maximum absolute atomic E-state index is 12.8. The van der Waals surface area contributed by atoms with Gasteiger partial charge in [-0.25, -0.2) is 0 Å². The average molecular weight is 992 g/mol. The van der Waals surface area contributed by atoms with Crippen LogP contribution in [-0.2, 0) is 28.6 Å². The van der Waals surface area contributed by atoms with Crippen LogP contribution >= 0.6 is 0 Å². The Morgan fingerprint density at radius 3 is 0.915 bits per heavy atom. The number of rotatable bonds is 55. The summed E-state index contributed by atoms with van der Waals surface area (Å²) in [6.45, 7) is 6.47. The van der Waals surface area contributed by atoms with E-state index in [1.165, 1.54) is 186 Å². The zero-order valence-corrected chi connectivity index (χ0v) is 47.0. The number of hydrogen-bond acceptors (Lipinski definition) is 6. The minimum absolute atomic E-state index is 0.101. The molecular formula is C65H114O6. The SMILES string of the molecule is CC/C=C\C/C=C\C/C=C\C/C=C\CCC(=O)OC(COC(=O)CCCCCCCCCCCCC)COC(=O)CCCCCCCCCCCCCCCCCCC/C=C\C/C=C\CCCCCCC. The molecule has 0 aromatic carbocycles. The van der Waals surface area contributed by atoms with E-state index in [1.54, 1.807) is 0 Å². The fourth-order valence-corrected chi connectivity index (χ4v) is 8.67. The Morgan fingerprint density at radius 2 is 0.577 bits per heavy atom. The molecule has 0 spiro atoms. The van der Waals surface area contributed by atoms with E-state index in [4.69, 9.17) is 14.2 Å². The number of ether oxygens (including phenoxy) is 3. The zero-order chi connectivity index (χ0) is 51.4. The van der Waals surface area contributed by atoms with E-state index in [0.717, 1.165) is 70.6 Å². The summed E-state index contributed by atoms with van der Waals surface area (Å²) in [4.78, 5) is 38.0. The molecule has 0 aliphatic heterocycles. The van der Waals surface area contributed by atoms with Gasteiger partial charge in [0.2, 0.25) is 0 Å². The highest BCUT2D eigenvalue weighted by Crippen LogP contribution is 2.16. The molecule has 0 rings (SSSR count). The summed E-state index contributed by atoms with van der Waals surface area (Å²) in [6.07, 6.45) is 76.5. The van der Waals surface area contributed by atoms with Crippen molar-refractivity contribution in [1.82, 2.24) is 0 Å². The molecule has 0 bridgehead atoms. The number of carbonyl (C=O) groups excluding carboxylic acids is 3. The lowest BCUT2D eigenvalue weighted by molar-refractivity contribution is -0.166. The van der Waals surface area contributed by atoms with Gasteiger partial charge in [0, 0.05) is 19.3 Å². The van der Waals surface area contributed by atoms with Crippen molar-refractivity contribution >= 4 is 17.9 Å². The van der Waals surface area contributed by atoms with E-state index in [0.29, 0.717) is 19.3 Å². The second kappa shape index (κ2) is 59.4. The van der Waals surface area contributed by atoms with Crippen LogP contribution in [0.3, 0.4) is 0 Å². The number of hydrogen-bond donors (Lipinski definition) is 0. The van der Waals surface area contributed by atoms with E-state index in [-0.39, 0.29) is 37.5 Å². The van der Waals surface area contributed by atoms with Gasteiger partial charge in [-0.2, -0.15) is 0 Å². The molecule has 0 fully saturated rings. The second-order valence-electron chi connectivity index (χ2n) is 20.2. The van der Waals surface area contributed by atoms with E-state index in [2.05, 4.69) is 87.6 Å². The predicted octanol–water partition coefficient (Wildman–Crippen LogP) is 20.5. The first kappa shape index (κ1) is 67.8. The molecule has 0 aliphatic rings. The number of carbonyl (C=O) groups is 3. The summed E-state index contributed by atoms with van der Waals surface area (Å²) < 4.78 is 16.8. The molecule has 0 heterocycles. The number of allylic oxidation sites excluding steroid dienone is 12.